The number of para-hydroxylation sites is 5. The van der Waals surface area contributed by atoms with Gasteiger partial charge in [-0.15, -0.1) is 0 Å². The summed E-state index contributed by atoms with van der Waals surface area (Å²) in [6.45, 7) is 0. The molecule has 0 aliphatic heterocycles. The predicted octanol–water partition coefficient (Wildman–Crippen LogP) is 11.2. The Hall–Kier alpha value is -6.59. The number of imidazole rings is 1. The second-order valence-electron chi connectivity index (χ2n) is 12.2. The highest BCUT2D eigenvalue weighted by Crippen LogP contribution is 2.39. The molecule has 0 aliphatic rings. The van der Waals surface area contributed by atoms with Gasteiger partial charge in [0.25, 0.3) is 0 Å². The first-order valence-electron chi connectivity index (χ1n) is 16.2. The maximum absolute atomic E-state index is 5.39. The lowest BCUT2D eigenvalue weighted by molar-refractivity contribution is 1.16. The van der Waals surface area contributed by atoms with E-state index in [9.17, 15) is 0 Å². The molecule has 0 amide bonds. The molecule has 0 saturated carbocycles. The van der Waals surface area contributed by atoms with E-state index in [0.717, 1.165) is 67.2 Å². The Morgan fingerprint density at radius 3 is 1.40 bits per heavy atom. The average molecular weight is 616 g/mol. The van der Waals surface area contributed by atoms with Gasteiger partial charge in [-0.2, -0.15) is 0 Å². The molecule has 10 rings (SSSR count). The highest BCUT2D eigenvalue weighted by atomic mass is 15.1. The number of H-pyrrole nitrogens is 1. The van der Waals surface area contributed by atoms with Crippen LogP contribution >= 0.6 is 0 Å². The molecule has 2 N–H and O–H groups in total. The molecule has 226 valence electrons. The van der Waals surface area contributed by atoms with Crippen molar-refractivity contribution >= 4 is 66.0 Å². The molecule has 48 heavy (non-hydrogen) atoms. The van der Waals surface area contributed by atoms with Crippen molar-refractivity contribution in [2.24, 2.45) is 0 Å². The molecule has 0 unspecified atom stereocenters. The number of aromatic nitrogens is 4. The molecule has 5 nitrogen and oxygen atoms in total. The third-order valence-electron chi connectivity index (χ3n) is 9.46. The monoisotopic (exact) mass is 615 g/mol. The van der Waals surface area contributed by atoms with E-state index in [1.54, 1.807) is 0 Å². The van der Waals surface area contributed by atoms with E-state index < -0.39 is 0 Å². The third-order valence-corrected chi connectivity index (χ3v) is 9.46. The molecular weight excluding hydrogens is 587 g/mol. The number of fused-ring (bicyclic) bond motifs is 7. The molecule has 7 aromatic carbocycles. The molecule has 0 bridgehead atoms. The van der Waals surface area contributed by atoms with Crippen LogP contribution in [0.3, 0.4) is 0 Å². The molecule has 0 atom stereocenters. The Morgan fingerprint density at radius 1 is 0.417 bits per heavy atom. The molecule has 0 radical (unpaired) electrons. The minimum absolute atomic E-state index is 0.825. The van der Waals surface area contributed by atoms with Crippen LogP contribution in [-0.2, 0) is 0 Å². The fourth-order valence-electron chi connectivity index (χ4n) is 7.33. The van der Waals surface area contributed by atoms with Gasteiger partial charge in [0.1, 0.15) is 11.3 Å². The minimum Gasteiger partial charge on any atom is -0.356 e. The predicted molar refractivity (Wildman–Crippen MR) is 200 cm³/mol. The lowest BCUT2D eigenvalue weighted by atomic mass is 10.2. The van der Waals surface area contributed by atoms with Crippen molar-refractivity contribution in [2.45, 2.75) is 0 Å². The third kappa shape index (κ3) is 4.01. The highest BCUT2D eigenvalue weighted by Gasteiger charge is 2.21. The lowest BCUT2D eigenvalue weighted by Gasteiger charge is -2.13. The smallest absolute Gasteiger partial charge is 0.138 e. The van der Waals surface area contributed by atoms with Crippen LogP contribution in [0.5, 0.6) is 0 Å². The number of anilines is 2. The number of benzene rings is 7. The zero-order valence-electron chi connectivity index (χ0n) is 25.9. The number of aromatic amines is 1. The topological polar surface area (TPSA) is 50.6 Å². The van der Waals surface area contributed by atoms with Crippen LogP contribution in [0, 0.1) is 0 Å². The van der Waals surface area contributed by atoms with Crippen LogP contribution in [0.1, 0.15) is 0 Å². The van der Waals surface area contributed by atoms with E-state index in [4.69, 9.17) is 4.98 Å². The summed E-state index contributed by atoms with van der Waals surface area (Å²) < 4.78 is 4.73. The zero-order chi connectivity index (χ0) is 31.6. The molecule has 0 saturated heterocycles. The molecule has 0 aliphatic carbocycles. The van der Waals surface area contributed by atoms with Crippen molar-refractivity contribution in [1.82, 2.24) is 19.1 Å². The van der Waals surface area contributed by atoms with Gasteiger partial charge in [0.2, 0.25) is 0 Å². The maximum Gasteiger partial charge on any atom is 0.138 e. The van der Waals surface area contributed by atoms with Gasteiger partial charge in [-0.3, -0.25) is 0 Å². The summed E-state index contributed by atoms with van der Waals surface area (Å²) in [6.07, 6.45) is 0. The standard InChI is InChI=1S/C43H29N5/c1-2-12-29(13-3-1)44-30-24-22-28(23-25-30)43-45-41-39(47-35-18-8-4-14-31(35)32-15-5-9-19-36(32)47)26-27-40(42(41)46-43)48-37-20-10-6-16-33(37)34-17-7-11-21-38(34)48/h1-27,44H,(H,45,46). The normalized spacial score (nSPS) is 11.8. The van der Waals surface area contributed by atoms with Crippen molar-refractivity contribution in [3.8, 4) is 22.8 Å². The number of rotatable bonds is 5. The number of hydrogen-bond acceptors (Lipinski definition) is 2. The van der Waals surface area contributed by atoms with Crippen molar-refractivity contribution < 1.29 is 0 Å². The van der Waals surface area contributed by atoms with E-state index in [1.807, 2.05) is 18.2 Å². The van der Waals surface area contributed by atoms with Crippen LogP contribution in [0.15, 0.2) is 164 Å². The number of hydrogen-bond donors (Lipinski definition) is 2. The van der Waals surface area contributed by atoms with E-state index in [0.29, 0.717) is 0 Å². The van der Waals surface area contributed by atoms with Crippen LogP contribution in [-0.4, -0.2) is 19.1 Å². The first kappa shape index (κ1) is 26.6. The largest absolute Gasteiger partial charge is 0.356 e. The summed E-state index contributed by atoms with van der Waals surface area (Å²) in [4.78, 5) is 9.19. The van der Waals surface area contributed by atoms with E-state index in [-0.39, 0.29) is 0 Å². The summed E-state index contributed by atoms with van der Waals surface area (Å²) in [5.41, 5.74) is 11.8. The van der Waals surface area contributed by atoms with Crippen molar-refractivity contribution in [2.75, 3.05) is 5.32 Å². The van der Waals surface area contributed by atoms with E-state index in [2.05, 4.69) is 165 Å². The van der Waals surface area contributed by atoms with E-state index in [1.165, 1.54) is 21.5 Å². The molecule has 0 spiro atoms. The SMILES string of the molecule is c1ccc(Nc2ccc(-c3nc4c(-n5c6ccccc6c6ccccc65)ccc(-n5c6ccccc6c6ccccc65)c4[nH]3)cc2)cc1. The van der Waals surface area contributed by atoms with Gasteiger partial charge >= 0.3 is 0 Å². The van der Waals surface area contributed by atoms with Crippen molar-refractivity contribution in [3.05, 3.63) is 164 Å². The van der Waals surface area contributed by atoms with Gasteiger partial charge in [-0.1, -0.05) is 91.0 Å². The van der Waals surface area contributed by atoms with Crippen LogP contribution < -0.4 is 5.32 Å². The van der Waals surface area contributed by atoms with Crippen molar-refractivity contribution in [3.63, 3.8) is 0 Å². The van der Waals surface area contributed by atoms with Gasteiger partial charge in [-0.25, -0.2) is 4.98 Å². The second kappa shape index (κ2) is 10.5. The Kier molecular flexibility index (Phi) is 5.81. The summed E-state index contributed by atoms with van der Waals surface area (Å²) >= 11 is 0. The summed E-state index contributed by atoms with van der Waals surface area (Å²) in [5, 5.41) is 8.41. The van der Waals surface area contributed by atoms with Crippen LogP contribution in [0.4, 0.5) is 11.4 Å². The van der Waals surface area contributed by atoms with Gasteiger partial charge in [0.05, 0.1) is 39.0 Å². The molecular formula is C43H29N5. The lowest BCUT2D eigenvalue weighted by Crippen LogP contribution is -2.00. The number of nitrogens with zero attached hydrogens (tertiary/aromatic N) is 3. The first-order chi connectivity index (χ1) is 23.8. The summed E-state index contributed by atoms with van der Waals surface area (Å²) in [7, 11) is 0. The molecule has 5 heteroatoms. The minimum atomic E-state index is 0.825. The van der Waals surface area contributed by atoms with Gasteiger partial charge in [0, 0.05) is 38.5 Å². The van der Waals surface area contributed by atoms with Crippen LogP contribution in [0.2, 0.25) is 0 Å². The van der Waals surface area contributed by atoms with Gasteiger partial charge < -0.3 is 19.4 Å². The highest BCUT2D eigenvalue weighted by molar-refractivity contribution is 6.12. The number of nitrogens with one attached hydrogen (secondary N) is 2. The molecule has 3 heterocycles. The molecule has 3 aromatic heterocycles. The first-order valence-corrected chi connectivity index (χ1v) is 16.2. The average Bonchev–Trinajstić information content (AvgIpc) is 3.84. The van der Waals surface area contributed by atoms with Crippen molar-refractivity contribution in [1.29, 1.82) is 0 Å². The zero-order valence-corrected chi connectivity index (χ0v) is 25.9. The fourth-order valence-corrected chi connectivity index (χ4v) is 7.33. The Bertz CT molecular complexity index is 2540. The second-order valence-corrected chi connectivity index (χ2v) is 12.2. The van der Waals surface area contributed by atoms with E-state index >= 15 is 0 Å². The Balaban J connectivity index is 1.23. The quantitative estimate of drug-likeness (QED) is 0.202. The van der Waals surface area contributed by atoms with Crippen LogP contribution in [0.25, 0.3) is 77.4 Å². The molecule has 10 aromatic rings. The van der Waals surface area contributed by atoms with Gasteiger partial charge in [0.15, 0.2) is 0 Å². The maximum atomic E-state index is 5.39. The Morgan fingerprint density at radius 2 is 0.854 bits per heavy atom. The fraction of sp³-hybridized carbons (Fsp3) is 0. The summed E-state index contributed by atoms with van der Waals surface area (Å²) in [6, 6.07) is 57.8. The van der Waals surface area contributed by atoms with Gasteiger partial charge in [-0.05, 0) is 72.8 Å². The molecule has 0 fully saturated rings. The Labute approximate surface area is 276 Å². The summed E-state index contributed by atoms with van der Waals surface area (Å²) in [5.74, 6) is 0.825.